The number of hydrogen-bond acceptors (Lipinski definition) is 1. The maximum absolute atomic E-state index is 6.64. The second-order valence-corrected chi connectivity index (χ2v) is 8.29. The Kier molecular flexibility index (Phi) is 3.48. The van der Waals surface area contributed by atoms with Crippen LogP contribution in [0.3, 0.4) is 0 Å². The maximum Gasteiger partial charge on any atom is 0.0713 e. The summed E-state index contributed by atoms with van der Waals surface area (Å²) >= 11 is 0. The molecule has 3 fully saturated rings. The zero-order chi connectivity index (χ0) is 13.7. The molecule has 110 valence electrons. The van der Waals surface area contributed by atoms with Gasteiger partial charge in [0.25, 0.3) is 0 Å². The van der Waals surface area contributed by atoms with Crippen molar-refractivity contribution in [1.82, 2.24) is 0 Å². The standard InChI is InChI=1S/C18H32O/c1-5-17(3,4)12-19-18(6-2)11-13-10-16(18)15-9-7-8-14(13)15/h13-16H,5-12H2,1-4H3. The summed E-state index contributed by atoms with van der Waals surface area (Å²) < 4.78 is 6.64. The normalized spacial score (nSPS) is 44.8. The van der Waals surface area contributed by atoms with Crippen LogP contribution in [0.15, 0.2) is 0 Å². The summed E-state index contributed by atoms with van der Waals surface area (Å²) in [6.45, 7) is 10.3. The summed E-state index contributed by atoms with van der Waals surface area (Å²) in [5.41, 5.74) is 0.599. The predicted octanol–water partition coefficient (Wildman–Crippen LogP) is 5.04. The Hall–Kier alpha value is -0.0400. The molecule has 0 saturated heterocycles. The van der Waals surface area contributed by atoms with Gasteiger partial charge in [0, 0.05) is 0 Å². The van der Waals surface area contributed by atoms with Crippen molar-refractivity contribution in [3.8, 4) is 0 Å². The van der Waals surface area contributed by atoms with Gasteiger partial charge in [-0.25, -0.2) is 0 Å². The van der Waals surface area contributed by atoms with Crippen LogP contribution >= 0.6 is 0 Å². The molecule has 0 N–H and O–H groups in total. The van der Waals surface area contributed by atoms with Crippen molar-refractivity contribution in [2.45, 2.75) is 78.2 Å². The minimum Gasteiger partial charge on any atom is -0.374 e. The molecule has 0 heterocycles. The van der Waals surface area contributed by atoms with E-state index in [-0.39, 0.29) is 5.60 Å². The molecule has 1 heteroatoms. The zero-order valence-electron chi connectivity index (χ0n) is 13.4. The van der Waals surface area contributed by atoms with Crippen LogP contribution in [0.4, 0.5) is 0 Å². The summed E-state index contributed by atoms with van der Waals surface area (Å²) in [5.74, 6) is 3.99. The fourth-order valence-electron chi connectivity index (χ4n) is 5.33. The van der Waals surface area contributed by atoms with E-state index in [2.05, 4.69) is 27.7 Å². The van der Waals surface area contributed by atoms with E-state index in [0.29, 0.717) is 5.41 Å². The van der Waals surface area contributed by atoms with E-state index >= 15 is 0 Å². The molecule has 2 bridgehead atoms. The predicted molar refractivity (Wildman–Crippen MR) is 80.1 cm³/mol. The second-order valence-electron chi connectivity index (χ2n) is 8.29. The molecule has 1 nitrogen and oxygen atoms in total. The first-order valence-electron chi connectivity index (χ1n) is 8.65. The number of hydrogen-bond donors (Lipinski definition) is 0. The van der Waals surface area contributed by atoms with Gasteiger partial charge in [0.1, 0.15) is 0 Å². The average Bonchev–Trinajstić information content (AvgIpc) is 3.07. The van der Waals surface area contributed by atoms with Gasteiger partial charge in [0.15, 0.2) is 0 Å². The fraction of sp³-hybridized carbons (Fsp3) is 1.00. The van der Waals surface area contributed by atoms with Crippen molar-refractivity contribution in [3.05, 3.63) is 0 Å². The molecule has 0 aromatic carbocycles. The van der Waals surface area contributed by atoms with Crippen molar-refractivity contribution in [1.29, 1.82) is 0 Å². The largest absolute Gasteiger partial charge is 0.374 e. The average molecular weight is 264 g/mol. The lowest BCUT2D eigenvalue weighted by atomic mass is 9.71. The fourth-order valence-corrected chi connectivity index (χ4v) is 5.33. The molecule has 3 saturated carbocycles. The molecular formula is C18H32O. The van der Waals surface area contributed by atoms with Gasteiger partial charge in [-0.05, 0) is 67.6 Å². The van der Waals surface area contributed by atoms with Gasteiger partial charge in [-0.3, -0.25) is 0 Å². The lowest BCUT2D eigenvalue weighted by Crippen LogP contribution is -2.45. The van der Waals surface area contributed by atoms with Crippen LogP contribution in [0.2, 0.25) is 0 Å². The molecule has 3 aliphatic carbocycles. The van der Waals surface area contributed by atoms with E-state index in [0.717, 1.165) is 30.3 Å². The number of ether oxygens (including phenoxy) is 1. The Morgan fingerprint density at radius 3 is 2.58 bits per heavy atom. The first kappa shape index (κ1) is 13.9. The van der Waals surface area contributed by atoms with Gasteiger partial charge >= 0.3 is 0 Å². The maximum atomic E-state index is 6.64. The summed E-state index contributed by atoms with van der Waals surface area (Å²) in [6.07, 6.45) is 9.80. The smallest absolute Gasteiger partial charge is 0.0713 e. The molecule has 0 radical (unpaired) electrons. The van der Waals surface area contributed by atoms with E-state index in [1.54, 1.807) is 0 Å². The van der Waals surface area contributed by atoms with E-state index in [4.69, 9.17) is 4.74 Å². The first-order chi connectivity index (χ1) is 9.01. The van der Waals surface area contributed by atoms with Crippen LogP contribution in [0.25, 0.3) is 0 Å². The minimum absolute atomic E-state index is 0.253. The topological polar surface area (TPSA) is 9.23 Å². The minimum atomic E-state index is 0.253. The molecule has 0 amide bonds. The molecular weight excluding hydrogens is 232 g/mol. The van der Waals surface area contributed by atoms with Crippen molar-refractivity contribution in [3.63, 3.8) is 0 Å². The molecule has 0 spiro atoms. The van der Waals surface area contributed by atoms with Crippen LogP contribution in [-0.2, 0) is 4.74 Å². The summed E-state index contributed by atoms with van der Waals surface area (Å²) in [4.78, 5) is 0. The third-order valence-corrected chi connectivity index (χ3v) is 6.89. The third-order valence-electron chi connectivity index (χ3n) is 6.89. The third kappa shape index (κ3) is 2.17. The van der Waals surface area contributed by atoms with Crippen molar-refractivity contribution < 1.29 is 4.74 Å². The van der Waals surface area contributed by atoms with Crippen molar-refractivity contribution in [2.24, 2.45) is 29.1 Å². The highest BCUT2D eigenvalue weighted by Crippen LogP contribution is 2.64. The molecule has 5 unspecified atom stereocenters. The number of rotatable bonds is 5. The molecule has 3 rings (SSSR count). The Balaban J connectivity index is 1.71. The molecule has 0 aromatic rings. The van der Waals surface area contributed by atoms with E-state index in [1.807, 2.05) is 0 Å². The molecule has 0 aromatic heterocycles. The monoisotopic (exact) mass is 264 g/mol. The molecule has 0 aliphatic heterocycles. The molecule has 5 atom stereocenters. The van der Waals surface area contributed by atoms with E-state index in [9.17, 15) is 0 Å². The van der Waals surface area contributed by atoms with Gasteiger partial charge in [0.05, 0.1) is 12.2 Å². The van der Waals surface area contributed by atoms with Crippen molar-refractivity contribution >= 4 is 0 Å². The lowest BCUT2D eigenvalue weighted by Gasteiger charge is -2.44. The lowest BCUT2D eigenvalue weighted by molar-refractivity contribution is -0.129. The molecule has 19 heavy (non-hydrogen) atoms. The van der Waals surface area contributed by atoms with Crippen LogP contribution in [0, 0.1) is 29.1 Å². The Labute approximate surface area is 119 Å². The summed E-state index contributed by atoms with van der Waals surface area (Å²) in [6, 6.07) is 0. The van der Waals surface area contributed by atoms with Crippen LogP contribution < -0.4 is 0 Å². The SMILES string of the molecule is CCC(C)(C)COC1(CC)CC2CC1C1CCCC21. The van der Waals surface area contributed by atoms with Gasteiger partial charge in [-0.15, -0.1) is 0 Å². The van der Waals surface area contributed by atoms with Crippen LogP contribution in [-0.4, -0.2) is 12.2 Å². The highest BCUT2D eigenvalue weighted by atomic mass is 16.5. The summed E-state index contributed by atoms with van der Waals surface area (Å²) in [7, 11) is 0. The van der Waals surface area contributed by atoms with Gasteiger partial charge in [0.2, 0.25) is 0 Å². The Morgan fingerprint density at radius 2 is 1.89 bits per heavy atom. The zero-order valence-corrected chi connectivity index (χ0v) is 13.4. The highest BCUT2D eigenvalue weighted by molar-refractivity contribution is 5.10. The second kappa shape index (κ2) is 4.76. The first-order valence-corrected chi connectivity index (χ1v) is 8.65. The van der Waals surface area contributed by atoms with Gasteiger partial charge < -0.3 is 4.74 Å². The highest BCUT2D eigenvalue weighted by Gasteiger charge is 2.60. The summed E-state index contributed by atoms with van der Waals surface area (Å²) in [5, 5.41) is 0. The van der Waals surface area contributed by atoms with E-state index in [1.165, 1.54) is 44.9 Å². The quantitative estimate of drug-likeness (QED) is 0.675. The molecule has 3 aliphatic rings. The van der Waals surface area contributed by atoms with Gasteiger partial charge in [-0.1, -0.05) is 34.1 Å². The van der Waals surface area contributed by atoms with Gasteiger partial charge in [-0.2, -0.15) is 0 Å². The Morgan fingerprint density at radius 1 is 1.16 bits per heavy atom. The van der Waals surface area contributed by atoms with Crippen molar-refractivity contribution in [2.75, 3.05) is 6.61 Å². The number of fused-ring (bicyclic) bond motifs is 5. The van der Waals surface area contributed by atoms with Crippen LogP contribution in [0.1, 0.15) is 72.6 Å². The Bertz CT molecular complexity index is 335. The van der Waals surface area contributed by atoms with Crippen LogP contribution in [0.5, 0.6) is 0 Å². The van der Waals surface area contributed by atoms with E-state index < -0.39 is 0 Å².